The molecule has 2 aromatic heterocycles. The molecule has 3 rings (SSSR count). The minimum absolute atomic E-state index is 0.124. The normalized spacial score (nSPS) is 12.6. The van der Waals surface area contributed by atoms with Crippen molar-refractivity contribution in [3.8, 4) is 0 Å². The first kappa shape index (κ1) is 23.0. The summed E-state index contributed by atoms with van der Waals surface area (Å²) >= 11 is 0. The summed E-state index contributed by atoms with van der Waals surface area (Å²) < 4.78 is 44.3. The lowest BCUT2D eigenvalue weighted by atomic mass is 10.2. The van der Waals surface area contributed by atoms with Crippen LogP contribution in [0.4, 0.5) is 13.2 Å². The van der Waals surface area contributed by atoms with Crippen LogP contribution in [0.5, 0.6) is 0 Å². The van der Waals surface area contributed by atoms with Crippen molar-refractivity contribution in [2.75, 3.05) is 19.6 Å². The highest BCUT2D eigenvalue weighted by atomic mass is 19.4. The fraction of sp³-hybridized carbons (Fsp3) is 0.500. The van der Waals surface area contributed by atoms with Crippen LogP contribution in [-0.4, -0.2) is 44.2 Å². The van der Waals surface area contributed by atoms with Crippen LogP contribution in [0.25, 0.3) is 23.2 Å². The minimum atomic E-state index is -4.65. The fourth-order valence-electron chi connectivity index (χ4n) is 3.45. The molecule has 9 heteroatoms. The second-order valence-corrected chi connectivity index (χ2v) is 7.35. The molecule has 0 aliphatic heterocycles. The maximum absolute atomic E-state index is 12.6. The van der Waals surface area contributed by atoms with Crippen molar-refractivity contribution in [3.05, 3.63) is 41.3 Å². The largest absolute Gasteiger partial charge is 0.471 e. The number of rotatable bonds is 10. The summed E-state index contributed by atoms with van der Waals surface area (Å²) in [4.78, 5) is 10.6. The number of alkyl halides is 3. The van der Waals surface area contributed by atoms with E-state index in [1.807, 2.05) is 18.2 Å². The van der Waals surface area contributed by atoms with E-state index in [2.05, 4.69) is 44.9 Å². The molecule has 0 spiro atoms. The van der Waals surface area contributed by atoms with Crippen molar-refractivity contribution in [2.24, 2.45) is 0 Å². The van der Waals surface area contributed by atoms with E-state index in [9.17, 15) is 13.2 Å². The van der Waals surface area contributed by atoms with Gasteiger partial charge in [-0.15, -0.1) is 0 Å². The number of nitrogens with zero attached hydrogens (tertiary/aromatic N) is 5. The Bertz CT molecular complexity index is 1020. The number of halogens is 3. The second kappa shape index (κ2) is 10.1. The van der Waals surface area contributed by atoms with E-state index in [1.165, 1.54) is 6.08 Å². The number of aryl methyl sites for hydroxylation is 1. The molecule has 0 saturated carbocycles. The van der Waals surface area contributed by atoms with Crippen LogP contribution < -0.4 is 0 Å². The van der Waals surface area contributed by atoms with Crippen LogP contribution in [0.15, 0.2) is 22.7 Å². The Morgan fingerprint density at radius 2 is 1.87 bits per heavy atom. The van der Waals surface area contributed by atoms with Crippen LogP contribution in [0.3, 0.4) is 0 Å². The number of likely N-dealkylation sites (N-methyl/N-ethyl adjacent to an activating group) is 1. The molecular formula is C22H28F3N5O. The van der Waals surface area contributed by atoms with Gasteiger partial charge in [-0.2, -0.15) is 18.2 Å². The van der Waals surface area contributed by atoms with Crippen LogP contribution in [-0.2, 0) is 19.1 Å². The molecule has 0 atom stereocenters. The van der Waals surface area contributed by atoms with E-state index in [4.69, 9.17) is 4.98 Å². The molecule has 168 valence electrons. The van der Waals surface area contributed by atoms with Crippen molar-refractivity contribution < 1.29 is 17.7 Å². The standard InChI is InChI=1S/C22H28F3N5O/c1-4-7-8-20-26-17-15-16(10-12-19-27-21(31-28-19)22(23,24)25)9-11-18(17)30(20)14-13-29(5-2)6-3/h9-12,15H,4-8,13-14H2,1-3H3/b12-10+. The van der Waals surface area contributed by atoms with Crippen LogP contribution in [0.1, 0.15) is 56.7 Å². The first-order chi connectivity index (χ1) is 14.9. The Morgan fingerprint density at radius 1 is 1.10 bits per heavy atom. The zero-order valence-electron chi connectivity index (χ0n) is 18.1. The summed E-state index contributed by atoms with van der Waals surface area (Å²) in [7, 11) is 0. The monoisotopic (exact) mass is 435 g/mol. The van der Waals surface area contributed by atoms with Gasteiger partial charge in [-0.05, 0) is 43.3 Å². The number of imidazole rings is 1. The van der Waals surface area contributed by atoms with Gasteiger partial charge < -0.3 is 14.0 Å². The van der Waals surface area contributed by atoms with Crippen molar-refractivity contribution in [1.29, 1.82) is 0 Å². The predicted molar refractivity (Wildman–Crippen MR) is 114 cm³/mol. The molecule has 0 aliphatic carbocycles. The van der Waals surface area contributed by atoms with E-state index < -0.39 is 12.1 Å². The van der Waals surface area contributed by atoms with Crippen molar-refractivity contribution in [1.82, 2.24) is 24.6 Å². The highest BCUT2D eigenvalue weighted by Gasteiger charge is 2.38. The van der Waals surface area contributed by atoms with Crippen molar-refractivity contribution in [2.45, 2.75) is 52.8 Å². The number of hydrogen-bond acceptors (Lipinski definition) is 5. The third kappa shape index (κ3) is 5.72. The maximum Gasteiger partial charge on any atom is 0.471 e. The molecule has 2 heterocycles. The molecule has 0 bridgehead atoms. The third-order valence-corrected chi connectivity index (χ3v) is 5.25. The molecule has 0 saturated heterocycles. The van der Waals surface area contributed by atoms with Gasteiger partial charge in [0.25, 0.3) is 0 Å². The van der Waals surface area contributed by atoms with E-state index in [0.29, 0.717) is 0 Å². The highest BCUT2D eigenvalue weighted by molar-refractivity contribution is 5.81. The Balaban J connectivity index is 1.84. The van der Waals surface area contributed by atoms with Gasteiger partial charge in [0.15, 0.2) is 5.82 Å². The predicted octanol–water partition coefficient (Wildman–Crippen LogP) is 5.29. The molecule has 0 N–H and O–H groups in total. The number of aromatic nitrogens is 4. The zero-order chi connectivity index (χ0) is 22.4. The van der Waals surface area contributed by atoms with Gasteiger partial charge in [-0.3, -0.25) is 0 Å². The number of benzene rings is 1. The Labute approximate surface area is 179 Å². The maximum atomic E-state index is 12.6. The SMILES string of the molecule is CCCCc1nc2cc(/C=C/c3noc(C(F)(F)F)n3)ccc2n1CCN(CC)CC. The first-order valence-corrected chi connectivity index (χ1v) is 10.7. The molecule has 0 amide bonds. The van der Waals surface area contributed by atoms with Crippen LogP contribution in [0, 0.1) is 0 Å². The lowest BCUT2D eigenvalue weighted by molar-refractivity contribution is -0.159. The molecule has 0 radical (unpaired) electrons. The van der Waals surface area contributed by atoms with E-state index in [0.717, 1.165) is 67.9 Å². The third-order valence-electron chi connectivity index (χ3n) is 5.25. The zero-order valence-corrected chi connectivity index (χ0v) is 18.1. The topological polar surface area (TPSA) is 60.0 Å². The van der Waals surface area contributed by atoms with Gasteiger partial charge in [0.05, 0.1) is 11.0 Å². The molecular weight excluding hydrogens is 407 g/mol. The molecule has 31 heavy (non-hydrogen) atoms. The number of unbranched alkanes of at least 4 members (excludes halogenated alkanes) is 1. The van der Waals surface area contributed by atoms with Gasteiger partial charge in [0.2, 0.25) is 0 Å². The summed E-state index contributed by atoms with van der Waals surface area (Å²) in [5.41, 5.74) is 2.74. The molecule has 1 aromatic carbocycles. The van der Waals surface area contributed by atoms with Gasteiger partial charge in [0, 0.05) is 19.5 Å². The van der Waals surface area contributed by atoms with Crippen LogP contribution >= 0.6 is 0 Å². The summed E-state index contributed by atoms with van der Waals surface area (Å²) in [6.07, 6.45) is 1.49. The Kier molecular flexibility index (Phi) is 7.48. The number of hydrogen-bond donors (Lipinski definition) is 0. The average Bonchev–Trinajstić information content (AvgIpc) is 3.36. The Morgan fingerprint density at radius 3 is 2.52 bits per heavy atom. The summed E-state index contributed by atoms with van der Waals surface area (Å²) in [5, 5.41) is 3.35. The quantitative estimate of drug-likeness (QED) is 0.433. The van der Waals surface area contributed by atoms with E-state index in [1.54, 1.807) is 6.08 Å². The van der Waals surface area contributed by atoms with E-state index >= 15 is 0 Å². The second-order valence-electron chi connectivity index (χ2n) is 7.35. The fourth-order valence-corrected chi connectivity index (χ4v) is 3.45. The average molecular weight is 435 g/mol. The summed E-state index contributed by atoms with van der Waals surface area (Å²) in [5.74, 6) is -0.408. The molecule has 0 unspecified atom stereocenters. The van der Waals surface area contributed by atoms with Gasteiger partial charge in [-0.1, -0.05) is 44.5 Å². The summed E-state index contributed by atoms with van der Waals surface area (Å²) in [6.45, 7) is 10.3. The minimum Gasteiger partial charge on any atom is -0.329 e. The first-order valence-electron chi connectivity index (χ1n) is 10.7. The smallest absolute Gasteiger partial charge is 0.329 e. The highest BCUT2D eigenvalue weighted by Crippen LogP contribution is 2.27. The van der Waals surface area contributed by atoms with Gasteiger partial charge in [-0.25, -0.2) is 4.98 Å². The molecule has 0 aliphatic rings. The van der Waals surface area contributed by atoms with Crippen LogP contribution in [0.2, 0.25) is 0 Å². The molecule has 3 aromatic rings. The molecule has 6 nitrogen and oxygen atoms in total. The molecule has 0 fully saturated rings. The lowest BCUT2D eigenvalue weighted by Gasteiger charge is -2.19. The Hall–Kier alpha value is -2.68. The summed E-state index contributed by atoms with van der Waals surface area (Å²) in [6, 6.07) is 5.86. The van der Waals surface area contributed by atoms with Crippen molar-refractivity contribution >= 4 is 23.2 Å². The lowest BCUT2D eigenvalue weighted by Crippen LogP contribution is -2.27. The number of fused-ring (bicyclic) bond motifs is 1. The van der Waals surface area contributed by atoms with Gasteiger partial charge in [0.1, 0.15) is 5.82 Å². The van der Waals surface area contributed by atoms with E-state index in [-0.39, 0.29) is 5.82 Å². The van der Waals surface area contributed by atoms with Crippen molar-refractivity contribution in [3.63, 3.8) is 0 Å². The van der Waals surface area contributed by atoms with Gasteiger partial charge >= 0.3 is 12.1 Å².